The van der Waals surface area contributed by atoms with Gasteiger partial charge >= 0.3 is 5.97 Å². The largest absolute Gasteiger partial charge is 0.493 e. The number of halogens is 1. The van der Waals surface area contributed by atoms with Gasteiger partial charge in [-0.05, 0) is 66.8 Å². The molecule has 2 aromatic carbocycles. The van der Waals surface area contributed by atoms with Crippen LogP contribution in [0.25, 0.3) is 0 Å². The second kappa shape index (κ2) is 12.1. The first-order chi connectivity index (χ1) is 13.8. The third-order valence-electron chi connectivity index (χ3n) is 4.34. The van der Waals surface area contributed by atoms with E-state index in [-0.39, 0.29) is 24.2 Å². The van der Waals surface area contributed by atoms with Crippen molar-refractivity contribution in [1.82, 2.24) is 0 Å². The minimum absolute atomic E-state index is 0. The Morgan fingerprint density at radius 1 is 1.13 bits per heavy atom. The Morgan fingerprint density at radius 3 is 2.33 bits per heavy atom. The molecule has 2 aromatic rings. The molecule has 0 radical (unpaired) electrons. The van der Waals surface area contributed by atoms with Crippen LogP contribution in [0, 0.1) is 11.3 Å². The summed E-state index contributed by atoms with van der Waals surface area (Å²) in [5.74, 6) is 0.797. The number of esters is 1. The monoisotopic (exact) mass is 433 g/mol. The van der Waals surface area contributed by atoms with Gasteiger partial charge in [-0.25, -0.2) is 4.79 Å². The topological polar surface area (TPSA) is 97.4 Å². The van der Waals surface area contributed by atoms with Gasteiger partial charge < -0.3 is 20.5 Å². The minimum atomic E-state index is -0.675. The van der Waals surface area contributed by atoms with Crippen LogP contribution in [0.4, 0.5) is 5.69 Å². The molecule has 0 fully saturated rings. The summed E-state index contributed by atoms with van der Waals surface area (Å²) in [6.45, 7) is 8.95. The molecule has 4 N–H and O–H groups in total. The molecule has 30 heavy (non-hydrogen) atoms. The molecule has 0 bridgehead atoms. The summed E-state index contributed by atoms with van der Waals surface area (Å²) < 4.78 is 11.2. The average Bonchev–Trinajstić information content (AvgIpc) is 2.70. The van der Waals surface area contributed by atoms with Gasteiger partial charge in [-0.15, -0.1) is 12.4 Å². The second-order valence-electron chi connectivity index (χ2n) is 7.29. The smallest absolute Gasteiger partial charge is 0.333 e. The van der Waals surface area contributed by atoms with Crippen LogP contribution in [0.1, 0.15) is 50.4 Å². The Morgan fingerprint density at radius 2 is 1.80 bits per heavy atom. The van der Waals surface area contributed by atoms with Crippen LogP contribution in [0.15, 0.2) is 42.5 Å². The fourth-order valence-electron chi connectivity index (χ4n) is 2.82. The van der Waals surface area contributed by atoms with Gasteiger partial charge in [-0.2, -0.15) is 0 Å². The van der Waals surface area contributed by atoms with Gasteiger partial charge in [0.25, 0.3) is 0 Å². The Labute approximate surface area is 185 Å². The number of carbonyl (C=O) groups is 1. The summed E-state index contributed by atoms with van der Waals surface area (Å²) in [7, 11) is 0. The predicted octanol–water partition coefficient (Wildman–Crippen LogP) is 4.71. The van der Waals surface area contributed by atoms with Gasteiger partial charge in [0, 0.05) is 11.3 Å². The summed E-state index contributed by atoms with van der Waals surface area (Å²) >= 11 is 0. The van der Waals surface area contributed by atoms with Crippen molar-refractivity contribution in [2.24, 2.45) is 11.7 Å². The molecule has 2 rings (SSSR count). The number of aryl methyl sites for hydroxylation is 1. The van der Waals surface area contributed by atoms with Crippen LogP contribution in [0.2, 0.25) is 0 Å². The quantitative estimate of drug-likeness (QED) is 0.286. The number of hydrogen-bond acceptors (Lipinski definition) is 5. The molecule has 164 valence electrons. The van der Waals surface area contributed by atoms with E-state index in [1.165, 1.54) is 0 Å². The Kier molecular flexibility index (Phi) is 10.2. The number of nitrogens with two attached hydrogens (primary N) is 1. The second-order valence-corrected chi connectivity index (χ2v) is 7.29. The van der Waals surface area contributed by atoms with E-state index >= 15 is 0 Å². The van der Waals surface area contributed by atoms with Gasteiger partial charge in [0.15, 0.2) is 6.04 Å². The van der Waals surface area contributed by atoms with Crippen LogP contribution in [0.3, 0.4) is 0 Å². The van der Waals surface area contributed by atoms with E-state index in [1.807, 2.05) is 18.2 Å². The zero-order valence-corrected chi connectivity index (χ0v) is 18.8. The lowest BCUT2D eigenvalue weighted by Gasteiger charge is -2.21. The molecule has 0 heterocycles. The maximum absolute atomic E-state index is 12.7. The fraction of sp³-hybridized carbons (Fsp3) is 0.391. The Balaban J connectivity index is 0.00000450. The van der Waals surface area contributed by atoms with E-state index in [0.29, 0.717) is 24.7 Å². The van der Waals surface area contributed by atoms with Crippen LogP contribution in [0.5, 0.6) is 5.75 Å². The van der Waals surface area contributed by atoms with E-state index in [2.05, 4.69) is 26.1 Å². The van der Waals surface area contributed by atoms with E-state index in [1.54, 1.807) is 31.2 Å². The summed E-state index contributed by atoms with van der Waals surface area (Å²) in [4.78, 5) is 12.7. The van der Waals surface area contributed by atoms with E-state index in [0.717, 1.165) is 29.0 Å². The van der Waals surface area contributed by atoms with E-state index in [4.69, 9.17) is 20.6 Å². The summed E-state index contributed by atoms with van der Waals surface area (Å²) in [5, 5.41) is 10.8. The number of hydrogen-bond donors (Lipinski definition) is 3. The molecule has 1 atom stereocenters. The molecule has 6 nitrogen and oxygen atoms in total. The molecule has 0 amide bonds. The van der Waals surface area contributed by atoms with Crippen molar-refractivity contribution in [1.29, 1.82) is 5.41 Å². The van der Waals surface area contributed by atoms with Gasteiger partial charge in [0.2, 0.25) is 0 Å². The molecule has 0 aromatic heterocycles. The maximum atomic E-state index is 12.7. The van der Waals surface area contributed by atoms with Crippen molar-refractivity contribution in [3.05, 3.63) is 59.2 Å². The SMILES string of the molecule is CCOC(=O)C(Nc1ccc(C(=N)N)cc1)c1cc(CC)cc(OCC(C)C)c1.Cl. The first-order valence-corrected chi connectivity index (χ1v) is 9.98. The number of anilines is 1. The van der Waals surface area contributed by atoms with Gasteiger partial charge in [0.1, 0.15) is 11.6 Å². The van der Waals surface area contributed by atoms with Crippen molar-refractivity contribution < 1.29 is 14.3 Å². The minimum Gasteiger partial charge on any atom is -0.493 e. The highest BCUT2D eigenvalue weighted by Crippen LogP contribution is 2.27. The highest BCUT2D eigenvalue weighted by molar-refractivity contribution is 5.95. The summed E-state index contributed by atoms with van der Waals surface area (Å²) in [6, 6.07) is 12.3. The third-order valence-corrected chi connectivity index (χ3v) is 4.34. The zero-order chi connectivity index (χ0) is 21.4. The zero-order valence-electron chi connectivity index (χ0n) is 18.0. The molecule has 0 aliphatic rings. The molecule has 0 saturated heterocycles. The van der Waals surface area contributed by atoms with Crippen LogP contribution in [-0.2, 0) is 16.0 Å². The van der Waals surface area contributed by atoms with Crippen molar-refractivity contribution in [3.63, 3.8) is 0 Å². The molecular weight excluding hydrogens is 402 g/mol. The highest BCUT2D eigenvalue weighted by Gasteiger charge is 2.23. The van der Waals surface area contributed by atoms with Crippen LogP contribution in [-0.4, -0.2) is 25.0 Å². The lowest BCUT2D eigenvalue weighted by Crippen LogP contribution is -2.24. The number of carbonyl (C=O) groups excluding carboxylic acids is 1. The number of rotatable bonds is 10. The van der Waals surface area contributed by atoms with E-state index in [9.17, 15) is 4.79 Å². The maximum Gasteiger partial charge on any atom is 0.333 e. The molecule has 0 spiro atoms. The van der Waals surface area contributed by atoms with Crippen LogP contribution >= 0.6 is 12.4 Å². The number of ether oxygens (including phenoxy) is 2. The molecule has 0 saturated carbocycles. The van der Waals surface area contributed by atoms with Gasteiger partial charge in [-0.3, -0.25) is 5.41 Å². The van der Waals surface area contributed by atoms with Crippen molar-refractivity contribution >= 4 is 29.9 Å². The Bertz CT molecular complexity index is 838. The first kappa shape index (κ1) is 25.3. The molecule has 0 aliphatic carbocycles. The van der Waals surface area contributed by atoms with Crippen molar-refractivity contribution in [2.75, 3.05) is 18.5 Å². The summed E-state index contributed by atoms with van der Waals surface area (Å²) in [5.41, 5.74) is 8.75. The first-order valence-electron chi connectivity index (χ1n) is 9.98. The van der Waals surface area contributed by atoms with Crippen molar-refractivity contribution in [3.8, 4) is 5.75 Å². The number of benzene rings is 2. The lowest BCUT2D eigenvalue weighted by atomic mass is 10.0. The molecule has 7 heteroatoms. The van der Waals surface area contributed by atoms with E-state index < -0.39 is 6.04 Å². The fourth-order valence-corrected chi connectivity index (χ4v) is 2.82. The number of nitrogens with one attached hydrogen (secondary N) is 2. The number of nitrogen functional groups attached to an aromatic ring is 1. The molecule has 1 unspecified atom stereocenters. The van der Waals surface area contributed by atoms with Crippen LogP contribution < -0.4 is 15.8 Å². The molecular formula is C23H32ClN3O3. The summed E-state index contributed by atoms with van der Waals surface area (Å²) in [6.07, 6.45) is 0.828. The molecule has 0 aliphatic heterocycles. The average molecular weight is 434 g/mol. The Hall–Kier alpha value is -2.73. The third kappa shape index (κ3) is 7.26. The number of amidine groups is 1. The lowest BCUT2D eigenvalue weighted by molar-refractivity contribution is -0.144. The standard InChI is InChI=1S/C23H31N3O3.ClH/c1-5-16-11-18(13-20(12-16)29-14-15(3)4)21(23(27)28-6-2)26-19-9-7-17(8-10-19)22(24)25;/h7-13,15,21,26H,5-6,14H2,1-4H3,(H3,24,25);1H. The van der Waals surface area contributed by atoms with Gasteiger partial charge in [-0.1, -0.05) is 26.8 Å². The van der Waals surface area contributed by atoms with Crippen molar-refractivity contribution in [2.45, 2.75) is 40.2 Å². The highest BCUT2D eigenvalue weighted by atomic mass is 35.5. The normalized spacial score (nSPS) is 11.4. The van der Waals surface area contributed by atoms with Gasteiger partial charge in [0.05, 0.1) is 13.2 Å². The predicted molar refractivity (Wildman–Crippen MR) is 124 cm³/mol.